The van der Waals surface area contributed by atoms with Gasteiger partial charge in [-0.2, -0.15) is 0 Å². The van der Waals surface area contributed by atoms with Crippen molar-refractivity contribution in [1.82, 2.24) is 0 Å². The molecule has 104 valence electrons. The molecule has 0 radical (unpaired) electrons. The van der Waals surface area contributed by atoms with Gasteiger partial charge in [-0.25, -0.2) is 0 Å². The largest absolute Gasteiger partial charge is 0.389 e. The van der Waals surface area contributed by atoms with Gasteiger partial charge in [-0.3, -0.25) is 14.9 Å². The van der Waals surface area contributed by atoms with E-state index in [1.165, 1.54) is 6.92 Å². The predicted octanol–water partition coefficient (Wildman–Crippen LogP) is 0.822. The van der Waals surface area contributed by atoms with Crippen molar-refractivity contribution in [3.63, 3.8) is 0 Å². The second kappa shape index (κ2) is 6.40. The summed E-state index contributed by atoms with van der Waals surface area (Å²) in [5, 5.41) is 29.1. The van der Waals surface area contributed by atoms with Gasteiger partial charge in [-0.1, -0.05) is 24.3 Å². The average Bonchev–Trinajstić information content (AvgIpc) is 2.40. The van der Waals surface area contributed by atoms with E-state index >= 15 is 0 Å². The lowest BCUT2D eigenvalue weighted by atomic mass is 9.93. The van der Waals surface area contributed by atoms with Crippen molar-refractivity contribution in [3.8, 4) is 0 Å². The highest BCUT2D eigenvalue weighted by Gasteiger charge is 2.41. The van der Waals surface area contributed by atoms with Gasteiger partial charge in [0.25, 0.3) is 5.54 Å². The number of carbonyl (C=O) groups excluding carboxylic acids is 1. The number of benzene rings is 1. The second-order valence-corrected chi connectivity index (χ2v) is 4.55. The molecule has 0 aliphatic rings. The highest BCUT2D eigenvalue weighted by Crippen LogP contribution is 2.18. The van der Waals surface area contributed by atoms with Crippen molar-refractivity contribution in [2.45, 2.75) is 25.3 Å². The van der Waals surface area contributed by atoms with Crippen molar-refractivity contribution in [3.05, 3.63) is 45.5 Å². The van der Waals surface area contributed by atoms with Crippen molar-refractivity contribution >= 4 is 5.78 Å². The van der Waals surface area contributed by atoms with Crippen LogP contribution in [0.25, 0.3) is 0 Å². The fraction of sp³-hybridized carbons (Fsp3) is 0.462. The Kier molecular flexibility index (Phi) is 5.14. The van der Waals surface area contributed by atoms with Crippen LogP contribution in [0.5, 0.6) is 0 Å². The SMILES string of the molecule is CC(=O)c1ccc(CCC(CO)(CO)[N+](=O)[O-])cc1. The van der Waals surface area contributed by atoms with Crippen LogP contribution in [-0.4, -0.2) is 39.7 Å². The molecule has 0 heterocycles. The molecule has 0 saturated carbocycles. The van der Waals surface area contributed by atoms with Gasteiger partial charge in [-0.05, 0) is 18.9 Å². The maximum Gasteiger partial charge on any atom is 0.267 e. The first kappa shape index (κ1) is 15.3. The third-order valence-corrected chi connectivity index (χ3v) is 3.22. The molecule has 1 aromatic rings. The molecule has 0 amide bonds. The molecule has 19 heavy (non-hydrogen) atoms. The second-order valence-electron chi connectivity index (χ2n) is 4.55. The van der Waals surface area contributed by atoms with Gasteiger partial charge in [0, 0.05) is 16.9 Å². The molecule has 6 heteroatoms. The summed E-state index contributed by atoms with van der Waals surface area (Å²) in [4.78, 5) is 21.3. The van der Waals surface area contributed by atoms with Gasteiger partial charge in [0.15, 0.2) is 5.78 Å². The van der Waals surface area contributed by atoms with Crippen LogP contribution in [0.1, 0.15) is 29.3 Å². The Labute approximate surface area is 110 Å². The lowest BCUT2D eigenvalue weighted by molar-refractivity contribution is -0.578. The van der Waals surface area contributed by atoms with Crippen LogP contribution in [0.4, 0.5) is 0 Å². The molecular formula is C13H17NO5. The number of nitrogens with zero attached hydrogens (tertiary/aromatic N) is 1. The van der Waals surface area contributed by atoms with E-state index in [4.69, 9.17) is 10.2 Å². The number of rotatable bonds is 7. The lowest BCUT2D eigenvalue weighted by Crippen LogP contribution is -2.46. The molecule has 0 fully saturated rings. The van der Waals surface area contributed by atoms with E-state index in [2.05, 4.69) is 0 Å². The van der Waals surface area contributed by atoms with E-state index in [0.29, 0.717) is 12.0 Å². The number of aryl methyl sites for hydroxylation is 1. The topological polar surface area (TPSA) is 101 Å². The first-order chi connectivity index (χ1) is 8.95. The number of carbonyl (C=O) groups is 1. The standard InChI is InChI=1S/C13H17NO5/c1-10(17)12-4-2-11(3-5-12)6-7-13(8-15,9-16)14(18)19/h2-5,15-16H,6-9H2,1H3. The van der Waals surface area contributed by atoms with E-state index in [9.17, 15) is 14.9 Å². The monoisotopic (exact) mass is 267 g/mol. The van der Waals surface area contributed by atoms with Crippen LogP contribution >= 0.6 is 0 Å². The van der Waals surface area contributed by atoms with E-state index in [1.807, 2.05) is 0 Å². The predicted molar refractivity (Wildman–Crippen MR) is 68.7 cm³/mol. The molecule has 2 N–H and O–H groups in total. The summed E-state index contributed by atoms with van der Waals surface area (Å²) in [5.74, 6) is -0.0445. The van der Waals surface area contributed by atoms with E-state index < -0.39 is 23.7 Å². The Morgan fingerprint density at radius 2 is 1.79 bits per heavy atom. The average molecular weight is 267 g/mol. The summed E-state index contributed by atoms with van der Waals surface area (Å²) in [6.45, 7) is 0.0499. The highest BCUT2D eigenvalue weighted by atomic mass is 16.6. The van der Waals surface area contributed by atoms with Crippen molar-refractivity contribution in [1.29, 1.82) is 0 Å². The first-order valence-electron chi connectivity index (χ1n) is 5.91. The number of ketones is 1. The molecule has 0 spiro atoms. The molecule has 1 rings (SSSR count). The molecule has 0 saturated heterocycles. The zero-order chi connectivity index (χ0) is 14.5. The third kappa shape index (κ3) is 3.59. The Morgan fingerprint density at radius 3 is 2.16 bits per heavy atom. The zero-order valence-corrected chi connectivity index (χ0v) is 10.7. The fourth-order valence-electron chi connectivity index (χ4n) is 1.70. The minimum absolute atomic E-state index is 0.0341. The molecular weight excluding hydrogens is 250 g/mol. The van der Waals surface area contributed by atoms with Gasteiger partial charge in [0.2, 0.25) is 0 Å². The fourth-order valence-corrected chi connectivity index (χ4v) is 1.70. The summed E-state index contributed by atoms with van der Waals surface area (Å²) in [5.41, 5.74) is -0.314. The van der Waals surface area contributed by atoms with E-state index in [0.717, 1.165) is 5.56 Å². The smallest absolute Gasteiger partial charge is 0.267 e. The van der Waals surface area contributed by atoms with Crippen LogP contribution in [0.3, 0.4) is 0 Å². The van der Waals surface area contributed by atoms with Gasteiger partial charge < -0.3 is 10.2 Å². The van der Waals surface area contributed by atoms with Crippen LogP contribution in [0.15, 0.2) is 24.3 Å². The highest BCUT2D eigenvalue weighted by molar-refractivity contribution is 5.93. The summed E-state index contributed by atoms with van der Waals surface area (Å²) in [6.07, 6.45) is 0.382. The number of Topliss-reactive ketones (excluding diaryl/α,β-unsaturated/α-hetero) is 1. The molecule has 0 aromatic heterocycles. The number of hydrogen-bond acceptors (Lipinski definition) is 5. The lowest BCUT2D eigenvalue weighted by Gasteiger charge is -2.20. The summed E-state index contributed by atoms with van der Waals surface area (Å²) < 4.78 is 0. The van der Waals surface area contributed by atoms with Crippen LogP contribution in [-0.2, 0) is 6.42 Å². The molecule has 0 atom stereocenters. The van der Waals surface area contributed by atoms with Gasteiger partial charge in [-0.15, -0.1) is 0 Å². The molecule has 1 aromatic carbocycles. The number of aliphatic hydroxyl groups is 2. The number of aliphatic hydroxyl groups excluding tert-OH is 2. The third-order valence-electron chi connectivity index (χ3n) is 3.22. The Hall–Kier alpha value is -1.79. The van der Waals surface area contributed by atoms with Gasteiger partial charge in [0.05, 0.1) is 0 Å². The molecule has 0 aliphatic heterocycles. The van der Waals surface area contributed by atoms with Crippen molar-refractivity contribution in [2.24, 2.45) is 0 Å². The van der Waals surface area contributed by atoms with Gasteiger partial charge >= 0.3 is 0 Å². The molecule has 0 aliphatic carbocycles. The number of hydrogen-bond donors (Lipinski definition) is 2. The van der Waals surface area contributed by atoms with Crippen molar-refractivity contribution in [2.75, 3.05) is 13.2 Å². The Bertz CT molecular complexity index is 451. The van der Waals surface area contributed by atoms with Crippen LogP contribution in [0, 0.1) is 10.1 Å². The van der Waals surface area contributed by atoms with Crippen LogP contribution in [0.2, 0.25) is 0 Å². The maximum absolute atomic E-state index is 11.1. The van der Waals surface area contributed by atoms with Crippen molar-refractivity contribution < 1.29 is 19.9 Å². The minimum Gasteiger partial charge on any atom is -0.389 e. The van der Waals surface area contributed by atoms with Gasteiger partial charge in [0.1, 0.15) is 13.2 Å². The summed E-state index contributed by atoms with van der Waals surface area (Å²) in [6, 6.07) is 6.75. The summed E-state index contributed by atoms with van der Waals surface area (Å²) >= 11 is 0. The Balaban J connectivity index is 2.75. The molecule has 6 nitrogen and oxygen atoms in total. The molecule has 0 unspecified atom stereocenters. The van der Waals surface area contributed by atoms with E-state index in [-0.39, 0.29) is 12.2 Å². The zero-order valence-electron chi connectivity index (χ0n) is 10.7. The summed E-state index contributed by atoms with van der Waals surface area (Å²) in [7, 11) is 0. The van der Waals surface area contributed by atoms with Crippen LogP contribution < -0.4 is 0 Å². The molecule has 0 bridgehead atoms. The van der Waals surface area contributed by atoms with E-state index in [1.54, 1.807) is 24.3 Å². The Morgan fingerprint density at radius 1 is 1.26 bits per heavy atom. The number of nitro groups is 1. The quantitative estimate of drug-likeness (QED) is 0.433. The first-order valence-corrected chi connectivity index (χ1v) is 5.91. The minimum atomic E-state index is -1.71. The maximum atomic E-state index is 11.1. The normalized spacial score (nSPS) is 11.3.